The Bertz CT molecular complexity index is 394. The second-order valence-corrected chi connectivity index (χ2v) is 2.45. The number of nitrogens with two attached hydrogens (primary N) is 1. The van der Waals surface area contributed by atoms with Crippen LogP contribution in [0.3, 0.4) is 0 Å². The lowest BCUT2D eigenvalue weighted by molar-refractivity contribution is 1.09. The molecule has 2 aromatic rings. The predicted octanol–water partition coefficient (Wildman–Crippen LogP) is 0.965. The Kier molecular flexibility index (Phi) is 1.22. The maximum atomic E-state index is 5.73. The van der Waals surface area contributed by atoms with Gasteiger partial charge in [-0.1, -0.05) is 0 Å². The third-order valence-electron chi connectivity index (χ3n) is 1.36. The van der Waals surface area contributed by atoms with E-state index in [0.717, 1.165) is 0 Å². The number of imidazole rings is 1. The first-order valence-electron chi connectivity index (χ1n) is 3.02. The first kappa shape index (κ1) is 6.42. The summed E-state index contributed by atoms with van der Waals surface area (Å²) in [4.78, 5) is 7.84. The number of nitrogens with zero attached hydrogens (tertiary/aromatic N) is 3. The lowest BCUT2D eigenvalue weighted by Gasteiger charge is -1.91. The van der Waals surface area contributed by atoms with Crippen molar-refractivity contribution in [3.8, 4) is 0 Å². The SMILES string of the molecule is Nc1cn2c(Cl)nccc2n1. The van der Waals surface area contributed by atoms with Gasteiger partial charge in [0.2, 0.25) is 5.28 Å². The highest BCUT2D eigenvalue weighted by Gasteiger charge is 2.00. The van der Waals surface area contributed by atoms with Crippen LogP contribution in [0.1, 0.15) is 0 Å². The molecule has 0 bridgehead atoms. The third kappa shape index (κ3) is 0.914. The maximum Gasteiger partial charge on any atom is 0.208 e. The molecule has 0 fully saturated rings. The van der Waals surface area contributed by atoms with Crippen molar-refractivity contribution < 1.29 is 0 Å². The van der Waals surface area contributed by atoms with Gasteiger partial charge in [0.15, 0.2) is 0 Å². The lowest BCUT2D eigenvalue weighted by Crippen LogP contribution is -1.86. The molecule has 0 saturated heterocycles. The van der Waals surface area contributed by atoms with Crippen LogP contribution in [-0.4, -0.2) is 14.4 Å². The van der Waals surface area contributed by atoms with E-state index in [2.05, 4.69) is 9.97 Å². The molecule has 0 saturated carbocycles. The van der Waals surface area contributed by atoms with Crippen molar-refractivity contribution in [1.29, 1.82) is 0 Å². The van der Waals surface area contributed by atoms with E-state index in [1.165, 1.54) is 0 Å². The summed E-state index contributed by atoms with van der Waals surface area (Å²) in [7, 11) is 0. The van der Waals surface area contributed by atoms with Gasteiger partial charge in [-0.3, -0.25) is 4.40 Å². The summed E-state index contributed by atoms with van der Waals surface area (Å²) >= 11 is 5.73. The molecule has 0 aliphatic rings. The van der Waals surface area contributed by atoms with Crippen LogP contribution in [-0.2, 0) is 0 Å². The number of nitrogen functional groups attached to an aromatic ring is 1. The molecule has 0 aliphatic heterocycles. The van der Waals surface area contributed by atoms with Crippen LogP contribution in [0.2, 0.25) is 5.28 Å². The zero-order valence-electron chi connectivity index (χ0n) is 5.53. The molecule has 2 rings (SSSR count). The molecule has 0 amide bonds. The average molecular weight is 169 g/mol. The van der Waals surface area contributed by atoms with Crippen molar-refractivity contribution in [1.82, 2.24) is 14.4 Å². The highest BCUT2D eigenvalue weighted by Crippen LogP contribution is 2.10. The molecule has 11 heavy (non-hydrogen) atoms. The third-order valence-corrected chi connectivity index (χ3v) is 1.63. The van der Waals surface area contributed by atoms with Crippen molar-refractivity contribution in [3.05, 3.63) is 23.7 Å². The van der Waals surface area contributed by atoms with E-state index in [1.807, 2.05) is 0 Å². The Hall–Kier alpha value is -1.29. The number of hydrogen-bond donors (Lipinski definition) is 1. The van der Waals surface area contributed by atoms with Gasteiger partial charge in [0.1, 0.15) is 11.5 Å². The number of hydrogen-bond acceptors (Lipinski definition) is 3. The van der Waals surface area contributed by atoms with Crippen LogP contribution in [0.15, 0.2) is 18.5 Å². The number of rotatable bonds is 0. The molecule has 5 heteroatoms. The van der Waals surface area contributed by atoms with Gasteiger partial charge in [-0.2, -0.15) is 0 Å². The molecule has 0 aromatic carbocycles. The van der Waals surface area contributed by atoms with Crippen molar-refractivity contribution in [3.63, 3.8) is 0 Å². The van der Waals surface area contributed by atoms with Crippen LogP contribution in [0, 0.1) is 0 Å². The predicted molar refractivity (Wildman–Crippen MR) is 42.4 cm³/mol. The van der Waals surface area contributed by atoms with Gasteiger partial charge in [-0.25, -0.2) is 9.97 Å². The first-order valence-corrected chi connectivity index (χ1v) is 3.40. The van der Waals surface area contributed by atoms with E-state index in [0.29, 0.717) is 16.7 Å². The molecule has 0 atom stereocenters. The molecule has 2 N–H and O–H groups in total. The fourth-order valence-electron chi connectivity index (χ4n) is 0.906. The van der Waals surface area contributed by atoms with Gasteiger partial charge in [-0.15, -0.1) is 0 Å². The van der Waals surface area contributed by atoms with Crippen LogP contribution < -0.4 is 5.73 Å². The number of fused-ring (bicyclic) bond motifs is 1. The zero-order valence-corrected chi connectivity index (χ0v) is 6.28. The van der Waals surface area contributed by atoms with E-state index in [9.17, 15) is 0 Å². The van der Waals surface area contributed by atoms with Crippen LogP contribution in [0.25, 0.3) is 5.65 Å². The Morgan fingerprint density at radius 3 is 3.09 bits per heavy atom. The lowest BCUT2D eigenvalue weighted by atomic mass is 10.6. The van der Waals surface area contributed by atoms with Gasteiger partial charge in [0.25, 0.3) is 0 Å². The van der Waals surface area contributed by atoms with Crippen LogP contribution >= 0.6 is 11.6 Å². The van der Waals surface area contributed by atoms with Gasteiger partial charge in [0.05, 0.1) is 6.20 Å². The summed E-state index contributed by atoms with van der Waals surface area (Å²) in [5.41, 5.74) is 6.15. The summed E-state index contributed by atoms with van der Waals surface area (Å²) < 4.78 is 1.62. The van der Waals surface area contributed by atoms with Gasteiger partial charge in [0, 0.05) is 6.20 Å². The molecule has 0 spiro atoms. The molecule has 2 heterocycles. The summed E-state index contributed by atoms with van der Waals surface area (Å²) in [6, 6.07) is 1.74. The molecule has 56 valence electrons. The minimum atomic E-state index is 0.367. The summed E-state index contributed by atoms with van der Waals surface area (Å²) in [6.07, 6.45) is 3.22. The number of anilines is 1. The quantitative estimate of drug-likeness (QED) is 0.597. The minimum absolute atomic E-state index is 0.367. The van der Waals surface area contributed by atoms with Gasteiger partial charge in [-0.05, 0) is 17.7 Å². The summed E-state index contributed by atoms with van der Waals surface area (Å²) in [5, 5.41) is 0.367. The van der Waals surface area contributed by atoms with E-state index < -0.39 is 0 Å². The highest BCUT2D eigenvalue weighted by atomic mass is 35.5. The number of halogens is 1. The van der Waals surface area contributed by atoms with Gasteiger partial charge >= 0.3 is 0 Å². The smallest absolute Gasteiger partial charge is 0.208 e. The first-order chi connectivity index (χ1) is 5.27. The van der Waals surface area contributed by atoms with Gasteiger partial charge < -0.3 is 5.73 Å². The van der Waals surface area contributed by atoms with E-state index in [4.69, 9.17) is 17.3 Å². The molecular weight excluding hydrogens is 164 g/mol. The minimum Gasteiger partial charge on any atom is -0.382 e. The normalized spacial score (nSPS) is 10.6. The fraction of sp³-hybridized carbons (Fsp3) is 0. The second kappa shape index (κ2) is 2.10. The Morgan fingerprint density at radius 2 is 2.36 bits per heavy atom. The highest BCUT2D eigenvalue weighted by molar-refractivity contribution is 6.28. The monoisotopic (exact) mass is 168 g/mol. The van der Waals surface area contributed by atoms with Crippen LogP contribution in [0.4, 0.5) is 5.82 Å². The van der Waals surface area contributed by atoms with E-state index >= 15 is 0 Å². The molecule has 0 unspecified atom stereocenters. The summed E-state index contributed by atoms with van der Waals surface area (Å²) in [5.74, 6) is 0.444. The molecule has 0 radical (unpaired) electrons. The molecular formula is C6H5ClN4. The number of aromatic nitrogens is 3. The standard InChI is InChI=1S/C6H5ClN4/c7-6-9-2-1-5-10-4(8)3-11(5)6/h1-3H,8H2. The fourth-order valence-corrected chi connectivity index (χ4v) is 1.10. The molecule has 2 aromatic heterocycles. The summed E-state index contributed by atoms with van der Waals surface area (Å²) in [6.45, 7) is 0. The van der Waals surface area contributed by atoms with Crippen molar-refractivity contribution in [2.75, 3.05) is 5.73 Å². The van der Waals surface area contributed by atoms with Crippen molar-refractivity contribution >= 4 is 23.1 Å². The van der Waals surface area contributed by atoms with Crippen molar-refractivity contribution in [2.24, 2.45) is 0 Å². The average Bonchev–Trinajstić information content (AvgIpc) is 2.31. The van der Waals surface area contributed by atoms with Crippen molar-refractivity contribution in [2.45, 2.75) is 0 Å². The molecule has 0 aliphatic carbocycles. The van der Waals surface area contributed by atoms with E-state index in [1.54, 1.807) is 22.9 Å². The topological polar surface area (TPSA) is 56.2 Å². The molecule has 4 nitrogen and oxygen atoms in total. The van der Waals surface area contributed by atoms with Crippen LogP contribution in [0.5, 0.6) is 0 Å². The Morgan fingerprint density at radius 1 is 1.55 bits per heavy atom. The Labute approximate surface area is 67.6 Å². The Balaban J connectivity index is 2.90. The maximum absolute atomic E-state index is 5.73. The van der Waals surface area contributed by atoms with E-state index in [-0.39, 0.29) is 0 Å². The largest absolute Gasteiger partial charge is 0.382 e. The zero-order chi connectivity index (χ0) is 7.84. The second-order valence-electron chi connectivity index (χ2n) is 2.11.